The second-order valence-corrected chi connectivity index (χ2v) is 7.71. The summed E-state index contributed by atoms with van der Waals surface area (Å²) in [5, 5.41) is 2.95. The average molecular weight is 406 g/mol. The molecule has 0 aliphatic rings. The molecule has 3 N–H and O–H groups in total. The first-order valence-corrected chi connectivity index (χ1v) is 9.10. The number of hydrogen-bond acceptors (Lipinski definition) is 5. The van der Waals surface area contributed by atoms with Crippen molar-refractivity contribution in [3.8, 4) is 5.75 Å². The third-order valence-corrected chi connectivity index (χ3v) is 4.31. The molecule has 8 heteroatoms. The van der Waals surface area contributed by atoms with Gasteiger partial charge in [0.2, 0.25) is 0 Å². The Labute approximate surface area is 169 Å². The Balaban J connectivity index is 2.05. The number of nitrogens with one attached hydrogen (secondary N) is 1. The number of aromatic nitrogens is 1. The fourth-order valence-corrected chi connectivity index (χ4v) is 2.55. The molecular weight excluding hydrogens is 382 g/mol. The van der Waals surface area contributed by atoms with E-state index in [-0.39, 0.29) is 22.7 Å². The van der Waals surface area contributed by atoms with Crippen LogP contribution in [-0.4, -0.2) is 29.6 Å². The molecule has 1 atom stereocenters. The lowest BCUT2D eigenvalue weighted by Gasteiger charge is -2.30. The molecule has 7 nitrogen and oxygen atoms in total. The summed E-state index contributed by atoms with van der Waals surface area (Å²) in [6.07, 6.45) is 0.537. The minimum atomic E-state index is -0.903. The number of amides is 2. The third-order valence-electron chi connectivity index (χ3n) is 4.02. The van der Waals surface area contributed by atoms with E-state index in [1.807, 2.05) is 51.1 Å². The monoisotopic (exact) mass is 405 g/mol. The van der Waals surface area contributed by atoms with Crippen molar-refractivity contribution in [1.82, 2.24) is 10.3 Å². The number of benzene rings is 1. The van der Waals surface area contributed by atoms with E-state index in [0.717, 1.165) is 5.56 Å². The number of hydrogen-bond donors (Lipinski definition) is 2. The van der Waals surface area contributed by atoms with Crippen LogP contribution in [0.1, 0.15) is 36.8 Å². The first-order chi connectivity index (χ1) is 13.2. The van der Waals surface area contributed by atoms with Crippen molar-refractivity contribution in [2.24, 2.45) is 11.1 Å². The Bertz CT molecular complexity index is 822. The largest absolute Gasteiger partial charge is 0.487 e. The van der Waals surface area contributed by atoms with E-state index in [1.165, 1.54) is 6.20 Å². The third kappa shape index (κ3) is 6.42. The Morgan fingerprint density at radius 2 is 1.93 bits per heavy atom. The fraction of sp³-hybridized carbons (Fsp3) is 0.350. The Hall–Kier alpha value is -2.80. The van der Waals surface area contributed by atoms with Gasteiger partial charge in [-0.25, -0.2) is 9.78 Å². The molecule has 0 bridgehead atoms. The normalized spacial score (nSPS) is 12.1. The SMILES string of the molecule is CC(C)(C)C(COC(N)=O)NC(=O)c1ncc(OCc2ccccc2)cc1Cl. The van der Waals surface area contributed by atoms with Crippen LogP contribution in [0.25, 0.3) is 0 Å². The predicted octanol–water partition coefficient (Wildman–Crippen LogP) is 3.55. The molecule has 0 radical (unpaired) electrons. The van der Waals surface area contributed by atoms with Gasteiger partial charge in [-0.2, -0.15) is 0 Å². The van der Waals surface area contributed by atoms with Crippen molar-refractivity contribution < 1.29 is 19.1 Å². The van der Waals surface area contributed by atoms with Gasteiger partial charge in [0, 0.05) is 6.07 Å². The maximum atomic E-state index is 12.6. The number of ether oxygens (including phenoxy) is 2. The van der Waals surface area contributed by atoms with Crippen molar-refractivity contribution in [3.63, 3.8) is 0 Å². The van der Waals surface area contributed by atoms with Gasteiger partial charge in [-0.3, -0.25) is 4.79 Å². The molecule has 2 aromatic rings. The lowest BCUT2D eigenvalue weighted by Crippen LogP contribution is -2.47. The minimum absolute atomic E-state index is 0.0551. The summed E-state index contributed by atoms with van der Waals surface area (Å²) in [4.78, 5) is 27.6. The maximum absolute atomic E-state index is 12.6. The molecule has 150 valence electrons. The molecule has 2 rings (SSSR count). The second kappa shape index (κ2) is 9.41. The highest BCUT2D eigenvalue weighted by Crippen LogP contribution is 2.23. The summed E-state index contributed by atoms with van der Waals surface area (Å²) in [5.41, 5.74) is 5.70. The van der Waals surface area contributed by atoms with Crippen LogP contribution in [0.4, 0.5) is 4.79 Å². The summed E-state index contributed by atoms with van der Waals surface area (Å²) < 4.78 is 10.5. The summed E-state index contributed by atoms with van der Waals surface area (Å²) >= 11 is 6.22. The number of nitrogens with two attached hydrogens (primary N) is 1. The topological polar surface area (TPSA) is 104 Å². The van der Waals surface area contributed by atoms with Crippen molar-refractivity contribution in [2.75, 3.05) is 6.61 Å². The fourth-order valence-electron chi connectivity index (χ4n) is 2.31. The number of halogens is 1. The van der Waals surface area contributed by atoms with E-state index in [0.29, 0.717) is 12.4 Å². The average Bonchev–Trinajstić information content (AvgIpc) is 2.63. The highest BCUT2D eigenvalue weighted by molar-refractivity contribution is 6.33. The number of rotatable bonds is 7. The van der Waals surface area contributed by atoms with E-state index in [4.69, 9.17) is 26.8 Å². The van der Waals surface area contributed by atoms with E-state index in [1.54, 1.807) is 6.07 Å². The van der Waals surface area contributed by atoms with Crippen LogP contribution >= 0.6 is 11.6 Å². The number of carbonyl (C=O) groups is 2. The number of pyridine rings is 1. The van der Waals surface area contributed by atoms with Gasteiger partial charge in [0.15, 0.2) is 0 Å². The molecule has 1 aromatic carbocycles. The highest BCUT2D eigenvalue weighted by Gasteiger charge is 2.29. The van der Waals surface area contributed by atoms with Gasteiger partial charge < -0.3 is 20.5 Å². The Morgan fingerprint density at radius 1 is 1.25 bits per heavy atom. The van der Waals surface area contributed by atoms with Crippen molar-refractivity contribution in [3.05, 3.63) is 58.9 Å². The minimum Gasteiger partial charge on any atom is -0.487 e. The molecular formula is C20H24ClN3O4. The van der Waals surface area contributed by atoms with Gasteiger partial charge in [-0.15, -0.1) is 0 Å². The van der Waals surface area contributed by atoms with Gasteiger partial charge in [0.25, 0.3) is 5.91 Å². The molecule has 0 fully saturated rings. The van der Waals surface area contributed by atoms with Crippen molar-refractivity contribution in [1.29, 1.82) is 0 Å². The first kappa shape index (κ1) is 21.5. The lowest BCUT2D eigenvalue weighted by atomic mass is 9.87. The zero-order chi connectivity index (χ0) is 20.7. The van der Waals surface area contributed by atoms with Crippen LogP contribution in [0.3, 0.4) is 0 Å². The summed E-state index contributed by atoms with van der Waals surface area (Å²) in [7, 11) is 0. The Morgan fingerprint density at radius 3 is 2.50 bits per heavy atom. The lowest BCUT2D eigenvalue weighted by molar-refractivity contribution is 0.0799. The van der Waals surface area contributed by atoms with Crippen LogP contribution in [0.2, 0.25) is 5.02 Å². The molecule has 2 amide bonds. The van der Waals surface area contributed by atoms with Crippen LogP contribution < -0.4 is 15.8 Å². The molecule has 0 saturated heterocycles. The van der Waals surface area contributed by atoms with E-state index < -0.39 is 18.0 Å². The van der Waals surface area contributed by atoms with Gasteiger partial charge in [-0.1, -0.05) is 62.7 Å². The first-order valence-electron chi connectivity index (χ1n) is 8.72. The zero-order valence-corrected chi connectivity index (χ0v) is 16.8. The molecule has 1 aromatic heterocycles. The van der Waals surface area contributed by atoms with E-state index in [2.05, 4.69) is 10.3 Å². The smallest absolute Gasteiger partial charge is 0.404 e. The summed E-state index contributed by atoms with van der Waals surface area (Å²) in [6, 6.07) is 10.7. The Kier molecular flexibility index (Phi) is 7.23. The van der Waals surface area contributed by atoms with Crippen LogP contribution in [0.15, 0.2) is 42.6 Å². The number of nitrogens with zero attached hydrogens (tertiary/aromatic N) is 1. The second-order valence-electron chi connectivity index (χ2n) is 7.30. The van der Waals surface area contributed by atoms with Gasteiger partial charge in [-0.05, 0) is 11.0 Å². The number of carbonyl (C=O) groups excluding carboxylic acids is 2. The molecule has 1 unspecified atom stereocenters. The predicted molar refractivity (Wildman–Crippen MR) is 106 cm³/mol. The molecule has 0 spiro atoms. The number of primary amides is 1. The van der Waals surface area contributed by atoms with Gasteiger partial charge in [0.05, 0.1) is 17.3 Å². The van der Waals surface area contributed by atoms with Crippen molar-refractivity contribution >= 4 is 23.6 Å². The van der Waals surface area contributed by atoms with Crippen LogP contribution in [0, 0.1) is 5.41 Å². The van der Waals surface area contributed by atoms with Gasteiger partial charge in [0.1, 0.15) is 24.7 Å². The van der Waals surface area contributed by atoms with Crippen molar-refractivity contribution in [2.45, 2.75) is 33.4 Å². The summed E-state index contributed by atoms with van der Waals surface area (Å²) in [6.45, 7) is 6.01. The van der Waals surface area contributed by atoms with E-state index in [9.17, 15) is 9.59 Å². The molecule has 0 aliphatic carbocycles. The van der Waals surface area contributed by atoms with Gasteiger partial charge >= 0.3 is 6.09 Å². The van der Waals surface area contributed by atoms with E-state index >= 15 is 0 Å². The quantitative estimate of drug-likeness (QED) is 0.733. The molecule has 0 saturated carbocycles. The summed E-state index contributed by atoms with van der Waals surface area (Å²) in [5.74, 6) is -0.0255. The highest BCUT2D eigenvalue weighted by atomic mass is 35.5. The zero-order valence-electron chi connectivity index (χ0n) is 16.1. The molecule has 1 heterocycles. The standard InChI is InChI=1S/C20H24ClN3O4/c1-20(2,3)16(12-28-19(22)26)24-18(25)17-15(21)9-14(10-23-17)27-11-13-7-5-4-6-8-13/h4-10,16H,11-12H2,1-3H3,(H2,22,26)(H,24,25). The maximum Gasteiger partial charge on any atom is 0.404 e. The van der Waals surface area contributed by atoms with Crippen LogP contribution in [-0.2, 0) is 11.3 Å². The molecule has 0 aliphatic heterocycles. The molecule has 28 heavy (non-hydrogen) atoms. The van der Waals surface area contributed by atoms with Crippen LogP contribution in [0.5, 0.6) is 5.75 Å².